The average Bonchev–Trinajstić information content (AvgIpc) is 3.01. The minimum Gasteiger partial charge on any atom is -0.507 e. The Balaban J connectivity index is 2.06. The van der Waals surface area contributed by atoms with Gasteiger partial charge >= 0.3 is 0 Å². The summed E-state index contributed by atoms with van der Waals surface area (Å²) < 4.78 is 24.3. The first kappa shape index (κ1) is 23.5. The fourth-order valence-electron chi connectivity index (χ4n) is 3.83. The lowest BCUT2D eigenvalue weighted by molar-refractivity contribution is -0.140. The molecule has 0 saturated carbocycles. The van der Waals surface area contributed by atoms with Crippen LogP contribution in [0.4, 0.5) is 4.39 Å². The maximum Gasteiger partial charge on any atom is 0.295 e. The van der Waals surface area contributed by atoms with Crippen LogP contribution in [0.1, 0.15) is 43.0 Å². The van der Waals surface area contributed by atoms with E-state index in [-0.39, 0.29) is 24.0 Å². The molecule has 1 fully saturated rings. The quantitative estimate of drug-likeness (QED) is 0.285. The maximum atomic E-state index is 13.6. The molecular weight excluding hydrogens is 413 g/mol. The van der Waals surface area contributed by atoms with Gasteiger partial charge in [0.1, 0.15) is 17.3 Å². The van der Waals surface area contributed by atoms with Crippen LogP contribution in [-0.2, 0) is 14.3 Å². The highest BCUT2D eigenvalue weighted by molar-refractivity contribution is 6.46. The highest BCUT2D eigenvalue weighted by Gasteiger charge is 2.45. The summed E-state index contributed by atoms with van der Waals surface area (Å²) in [5.41, 5.74) is 1.65. The molecule has 0 aromatic heterocycles. The Morgan fingerprint density at radius 1 is 1.16 bits per heavy atom. The number of aliphatic hydroxyl groups excluding tert-OH is 1. The van der Waals surface area contributed by atoms with Gasteiger partial charge in [0.2, 0.25) is 0 Å². The Hall–Kier alpha value is -3.19. The predicted molar refractivity (Wildman–Crippen MR) is 119 cm³/mol. The number of ketones is 1. The highest BCUT2D eigenvalue weighted by Crippen LogP contribution is 2.40. The summed E-state index contributed by atoms with van der Waals surface area (Å²) in [4.78, 5) is 27.3. The lowest BCUT2D eigenvalue weighted by Gasteiger charge is -2.25. The Kier molecular flexibility index (Phi) is 7.30. The van der Waals surface area contributed by atoms with Crippen LogP contribution in [0.3, 0.4) is 0 Å². The van der Waals surface area contributed by atoms with Gasteiger partial charge in [-0.3, -0.25) is 9.59 Å². The van der Waals surface area contributed by atoms with Gasteiger partial charge in [0, 0.05) is 18.7 Å². The number of aryl methyl sites for hydroxylation is 1. The zero-order valence-corrected chi connectivity index (χ0v) is 18.7. The number of hydrogen-bond donors (Lipinski definition) is 1. The van der Waals surface area contributed by atoms with E-state index in [0.717, 1.165) is 0 Å². The Bertz CT molecular complexity index is 1030. The van der Waals surface area contributed by atoms with Crippen molar-refractivity contribution in [3.63, 3.8) is 0 Å². The molecule has 32 heavy (non-hydrogen) atoms. The molecule has 2 aromatic carbocycles. The first-order valence-electron chi connectivity index (χ1n) is 10.5. The number of ether oxygens (including phenoxy) is 2. The Labute approximate surface area is 187 Å². The lowest BCUT2D eigenvalue weighted by atomic mass is 9.94. The maximum absolute atomic E-state index is 13.6. The van der Waals surface area contributed by atoms with Gasteiger partial charge in [-0.25, -0.2) is 4.39 Å². The van der Waals surface area contributed by atoms with E-state index in [2.05, 4.69) is 0 Å². The number of halogens is 1. The van der Waals surface area contributed by atoms with Crippen LogP contribution in [0, 0.1) is 12.7 Å². The summed E-state index contributed by atoms with van der Waals surface area (Å²) in [6, 6.07) is 9.84. The third kappa shape index (κ3) is 4.83. The van der Waals surface area contributed by atoms with E-state index >= 15 is 0 Å². The molecular formula is C25H28FNO5. The summed E-state index contributed by atoms with van der Waals surface area (Å²) in [6.07, 6.45) is 0.571. The van der Waals surface area contributed by atoms with Crippen LogP contribution < -0.4 is 4.74 Å². The summed E-state index contributed by atoms with van der Waals surface area (Å²) in [5.74, 6) is -1.55. The SMILES string of the molecule is COc1ccc(/C(O)=C2/C(=O)C(=O)N(CCCOC(C)C)C2c2ccc(F)cc2)c(C)c1. The van der Waals surface area contributed by atoms with Crippen molar-refractivity contribution in [2.75, 3.05) is 20.3 Å². The van der Waals surface area contributed by atoms with Gasteiger partial charge in [-0.2, -0.15) is 0 Å². The zero-order valence-electron chi connectivity index (χ0n) is 18.7. The number of methoxy groups -OCH3 is 1. The van der Waals surface area contributed by atoms with E-state index in [4.69, 9.17) is 9.47 Å². The van der Waals surface area contributed by atoms with Crippen molar-refractivity contribution in [1.29, 1.82) is 0 Å². The van der Waals surface area contributed by atoms with E-state index < -0.39 is 23.5 Å². The van der Waals surface area contributed by atoms with Crippen molar-refractivity contribution in [2.45, 2.75) is 39.3 Å². The smallest absolute Gasteiger partial charge is 0.295 e. The normalized spacial score (nSPS) is 17.9. The van der Waals surface area contributed by atoms with Crippen molar-refractivity contribution in [1.82, 2.24) is 4.90 Å². The molecule has 0 spiro atoms. The molecule has 170 valence electrons. The van der Waals surface area contributed by atoms with Gasteiger partial charge in [0.05, 0.1) is 24.8 Å². The second kappa shape index (κ2) is 9.96. The molecule has 6 nitrogen and oxygen atoms in total. The summed E-state index contributed by atoms with van der Waals surface area (Å²) >= 11 is 0. The van der Waals surface area contributed by atoms with Crippen molar-refractivity contribution < 1.29 is 28.6 Å². The van der Waals surface area contributed by atoms with E-state index in [9.17, 15) is 19.1 Å². The number of nitrogens with zero attached hydrogens (tertiary/aromatic N) is 1. The Morgan fingerprint density at radius 3 is 2.44 bits per heavy atom. The lowest BCUT2D eigenvalue weighted by Crippen LogP contribution is -2.31. The third-order valence-corrected chi connectivity index (χ3v) is 5.41. The molecule has 1 N–H and O–H groups in total. The molecule has 1 aliphatic rings. The second-order valence-corrected chi connectivity index (χ2v) is 8.00. The number of likely N-dealkylation sites (tertiary alicyclic amines) is 1. The number of rotatable bonds is 8. The molecule has 1 atom stereocenters. The summed E-state index contributed by atoms with van der Waals surface area (Å²) in [7, 11) is 1.54. The molecule has 3 rings (SSSR count). The van der Waals surface area contributed by atoms with Gasteiger partial charge in [-0.05, 0) is 68.7 Å². The second-order valence-electron chi connectivity index (χ2n) is 8.00. The average molecular weight is 441 g/mol. The fraction of sp³-hybridized carbons (Fsp3) is 0.360. The molecule has 1 saturated heterocycles. The molecule has 0 radical (unpaired) electrons. The molecule has 1 amide bonds. The summed E-state index contributed by atoms with van der Waals surface area (Å²) in [6.45, 7) is 6.31. The molecule has 0 aliphatic carbocycles. The van der Waals surface area contributed by atoms with Crippen molar-refractivity contribution in [2.24, 2.45) is 0 Å². The van der Waals surface area contributed by atoms with Crippen LogP contribution >= 0.6 is 0 Å². The number of carbonyl (C=O) groups excluding carboxylic acids is 2. The van der Waals surface area contributed by atoms with E-state index in [1.165, 1.54) is 36.3 Å². The minimum atomic E-state index is -0.823. The zero-order chi connectivity index (χ0) is 23.4. The largest absolute Gasteiger partial charge is 0.507 e. The molecule has 2 aromatic rings. The molecule has 1 heterocycles. The standard InChI is InChI=1S/C25H28FNO5/c1-15(2)32-13-5-12-27-22(17-6-8-18(26)9-7-17)21(24(29)25(27)30)23(28)20-11-10-19(31-4)14-16(20)3/h6-11,14-15,22,28H,5,12-13H2,1-4H3/b23-21-. The third-order valence-electron chi connectivity index (χ3n) is 5.41. The van der Waals surface area contributed by atoms with Crippen molar-refractivity contribution in [3.05, 3.63) is 70.5 Å². The molecule has 1 aliphatic heterocycles. The number of aliphatic hydroxyl groups is 1. The topological polar surface area (TPSA) is 76.1 Å². The number of carbonyl (C=O) groups is 2. The molecule has 7 heteroatoms. The van der Waals surface area contributed by atoms with E-state index in [1.807, 2.05) is 13.8 Å². The van der Waals surface area contributed by atoms with E-state index in [1.54, 1.807) is 25.1 Å². The van der Waals surface area contributed by atoms with E-state index in [0.29, 0.717) is 35.5 Å². The minimum absolute atomic E-state index is 0.0142. The highest BCUT2D eigenvalue weighted by atomic mass is 19.1. The molecule has 0 bridgehead atoms. The number of Topliss-reactive ketones (excluding diaryl/α,β-unsaturated/α-hetero) is 1. The van der Waals surface area contributed by atoms with Crippen LogP contribution in [0.25, 0.3) is 5.76 Å². The van der Waals surface area contributed by atoms with Gasteiger partial charge in [-0.1, -0.05) is 12.1 Å². The van der Waals surface area contributed by atoms with Gasteiger partial charge in [-0.15, -0.1) is 0 Å². The first-order chi connectivity index (χ1) is 15.2. The number of benzene rings is 2. The summed E-state index contributed by atoms with van der Waals surface area (Å²) in [5, 5.41) is 11.1. The fourth-order valence-corrected chi connectivity index (χ4v) is 3.83. The van der Waals surface area contributed by atoms with Crippen molar-refractivity contribution in [3.8, 4) is 5.75 Å². The number of amides is 1. The predicted octanol–water partition coefficient (Wildman–Crippen LogP) is 4.38. The monoisotopic (exact) mass is 441 g/mol. The van der Waals surface area contributed by atoms with Crippen LogP contribution in [0.2, 0.25) is 0 Å². The van der Waals surface area contributed by atoms with Crippen molar-refractivity contribution >= 4 is 17.4 Å². The Morgan fingerprint density at radius 2 is 1.84 bits per heavy atom. The van der Waals surface area contributed by atoms with Gasteiger partial charge in [0.25, 0.3) is 11.7 Å². The van der Waals surface area contributed by atoms with Crippen LogP contribution in [-0.4, -0.2) is 48.1 Å². The first-order valence-corrected chi connectivity index (χ1v) is 10.5. The van der Waals surface area contributed by atoms with Gasteiger partial charge < -0.3 is 19.5 Å². The van der Waals surface area contributed by atoms with Gasteiger partial charge in [0.15, 0.2) is 0 Å². The van der Waals surface area contributed by atoms with Crippen LogP contribution in [0.15, 0.2) is 48.0 Å². The van der Waals surface area contributed by atoms with Crippen LogP contribution in [0.5, 0.6) is 5.75 Å². The molecule has 1 unspecified atom stereocenters. The number of hydrogen-bond acceptors (Lipinski definition) is 5.